The molecule has 6 nitrogen and oxygen atoms in total. The molecule has 0 atom stereocenters. The van der Waals surface area contributed by atoms with Gasteiger partial charge in [0.15, 0.2) is 0 Å². The lowest BCUT2D eigenvalue weighted by atomic mass is 10.2. The van der Waals surface area contributed by atoms with Crippen molar-refractivity contribution in [3.63, 3.8) is 0 Å². The van der Waals surface area contributed by atoms with Gasteiger partial charge in [0.05, 0.1) is 0 Å². The number of amides is 1. The van der Waals surface area contributed by atoms with Crippen molar-refractivity contribution < 1.29 is 19.5 Å². The number of carbonyl (C=O) groups excluding carboxylic acids is 2. The van der Waals surface area contributed by atoms with Gasteiger partial charge in [-0.1, -0.05) is 18.2 Å². The number of rotatable bonds is 5. The standard InChI is InChI=1S/C10H12N2O4/c13-7-12-16-9(14)6-11-10(15)8-4-2-1-3-5-8/h1-5,12-13H,6-7H2,(H,11,15). The largest absolute Gasteiger partial charge is 0.378 e. The van der Waals surface area contributed by atoms with Crippen LogP contribution in [0.1, 0.15) is 10.4 Å². The third-order valence-corrected chi connectivity index (χ3v) is 1.68. The minimum absolute atomic E-state index is 0.263. The van der Waals surface area contributed by atoms with Crippen LogP contribution >= 0.6 is 0 Å². The summed E-state index contributed by atoms with van der Waals surface area (Å²) in [5, 5.41) is 10.7. The minimum Gasteiger partial charge on any atom is -0.378 e. The van der Waals surface area contributed by atoms with Crippen LogP contribution in [0.5, 0.6) is 0 Å². The van der Waals surface area contributed by atoms with Gasteiger partial charge in [-0.3, -0.25) is 4.79 Å². The summed E-state index contributed by atoms with van der Waals surface area (Å²) < 4.78 is 0. The monoisotopic (exact) mass is 224 g/mol. The van der Waals surface area contributed by atoms with Crippen molar-refractivity contribution in [2.75, 3.05) is 13.3 Å². The fraction of sp³-hybridized carbons (Fsp3) is 0.200. The Morgan fingerprint density at radius 1 is 1.25 bits per heavy atom. The second-order valence-electron chi connectivity index (χ2n) is 2.83. The highest BCUT2D eigenvalue weighted by Gasteiger charge is 2.07. The molecule has 3 N–H and O–H groups in total. The van der Waals surface area contributed by atoms with Gasteiger partial charge in [0.1, 0.15) is 13.3 Å². The number of aliphatic hydroxyl groups excluding tert-OH is 1. The van der Waals surface area contributed by atoms with Crippen LogP contribution in [0.15, 0.2) is 30.3 Å². The number of hydrogen-bond acceptors (Lipinski definition) is 5. The molecule has 0 aliphatic heterocycles. The lowest BCUT2D eigenvalue weighted by Crippen LogP contribution is -2.33. The Morgan fingerprint density at radius 2 is 1.94 bits per heavy atom. The molecule has 0 aliphatic rings. The maximum atomic E-state index is 11.4. The van der Waals surface area contributed by atoms with Crippen molar-refractivity contribution in [1.29, 1.82) is 0 Å². The van der Waals surface area contributed by atoms with E-state index in [0.717, 1.165) is 0 Å². The van der Waals surface area contributed by atoms with Gasteiger partial charge in [-0.2, -0.15) is 0 Å². The SMILES string of the molecule is O=C(CNC(=O)c1ccccc1)ONCO. The smallest absolute Gasteiger partial charge is 0.344 e. The van der Waals surface area contributed by atoms with Crippen LogP contribution in [-0.2, 0) is 9.63 Å². The molecule has 0 spiro atoms. The van der Waals surface area contributed by atoms with Gasteiger partial charge >= 0.3 is 5.97 Å². The van der Waals surface area contributed by atoms with Crippen molar-refractivity contribution in [3.05, 3.63) is 35.9 Å². The van der Waals surface area contributed by atoms with Crippen LogP contribution in [0, 0.1) is 0 Å². The van der Waals surface area contributed by atoms with Crippen molar-refractivity contribution in [2.24, 2.45) is 0 Å². The Kier molecular flexibility index (Phi) is 4.97. The number of benzene rings is 1. The molecule has 1 rings (SSSR count). The fourth-order valence-corrected chi connectivity index (χ4v) is 0.993. The molecule has 1 aromatic rings. The molecule has 16 heavy (non-hydrogen) atoms. The van der Waals surface area contributed by atoms with Crippen LogP contribution in [0.4, 0.5) is 0 Å². The first-order chi connectivity index (χ1) is 7.74. The molecule has 0 saturated carbocycles. The number of hydroxylamine groups is 1. The van der Waals surface area contributed by atoms with Crippen LogP contribution in [0.3, 0.4) is 0 Å². The van der Waals surface area contributed by atoms with E-state index in [0.29, 0.717) is 5.56 Å². The number of carbonyl (C=O) groups is 2. The van der Waals surface area contributed by atoms with Gasteiger partial charge in [-0.05, 0) is 12.1 Å². The first-order valence-electron chi connectivity index (χ1n) is 4.60. The van der Waals surface area contributed by atoms with Gasteiger partial charge in [0.2, 0.25) is 0 Å². The molecule has 0 heterocycles. The van der Waals surface area contributed by atoms with E-state index in [1.54, 1.807) is 30.3 Å². The van der Waals surface area contributed by atoms with Crippen LogP contribution in [0.2, 0.25) is 0 Å². The summed E-state index contributed by atoms with van der Waals surface area (Å²) in [6.45, 7) is -0.737. The fourth-order valence-electron chi connectivity index (χ4n) is 0.993. The number of nitrogens with one attached hydrogen (secondary N) is 2. The Hall–Kier alpha value is -1.92. The van der Waals surface area contributed by atoms with Gasteiger partial charge in [-0.15, -0.1) is 5.48 Å². The predicted molar refractivity (Wildman–Crippen MR) is 55.1 cm³/mol. The lowest BCUT2D eigenvalue weighted by molar-refractivity contribution is -0.152. The molecule has 6 heteroatoms. The molecular weight excluding hydrogens is 212 g/mol. The van der Waals surface area contributed by atoms with Gasteiger partial charge in [0, 0.05) is 5.56 Å². The maximum absolute atomic E-state index is 11.4. The highest BCUT2D eigenvalue weighted by atomic mass is 16.7. The highest BCUT2D eigenvalue weighted by molar-refractivity contribution is 5.95. The quantitative estimate of drug-likeness (QED) is 0.460. The summed E-state index contributed by atoms with van der Waals surface area (Å²) in [5.41, 5.74) is 2.43. The summed E-state index contributed by atoms with van der Waals surface area (Å²) in [5.74, 6) is -1.04. The average Bonchev–Trinajstić information content (AvgIpc) is 2.34. The molecule has 0 radical (unpaired) electrons. The van der Waals surface area contributed by atoms with E-state index in [1.807, 2.05) is 5.48 Å². The third kappa shape index (κ3) is 4.07. The molecule has 0 aliphatic carbocycles. The van der Waals surface area contributed by atoms with Crippen molar-refractivity contribution in [1.82, 2.24) is 10.8 Å². The molecule has 86 valence electrons. The van der Waals surface area contributed by atoms with E-state index in [2.05, 4.69) is 10.2 Å². The minimum atomic E-state index is -0.682. The molecule has 0 saturated heterocycles. The Labute approximate surface area is 92.2 Å². The zero-order chi connectivity index (χ0) is 11.8. The first kappa shape index (κ1) is 12.2. The number of aliphatic hydroxyl groups is 1. The van der Waals surface area contributed by atoms with E-state index in [1.165, 1.54) is 0 Å². The van der Waals surface area contributed by atoms with E-state index >= 15 is 0 Å². The Bertz CT molecular complexity index is 353. The zero-order valence-corrected chi connectivity index (χ0v) is 8.47. The lowest BCUT2D eigenvalue weighted by Gasteiger charge is -2.05. The van der Waals surface area contributed by atoms with Crippen molar-refractivity contribution >= 4 is 11.9 Å². The van der Waals surface area contributed by atoms with Gasteiger partial charge < -0.3 is 15.3 Å². The second-order valence-corrected chi connectivity index (χ2v) is 2.83. The van der Waals surface area contributed by atoms with Crippen molar-refractivity contribution in [2.45, 2.75) is 0 Å². The molecular formula is C10H12N2O4. The Morgan fingerprint density at radius 3 is 2.56 bits per heavy atom. The summed E-state index contributed by atoms with van der Waals surface area (Å²) in [6.07, 6.45) is 0. The Balaban J connectivity index is 2.33. The first-order valence-corrected chi connectivity index (χ1v) is 4.60. The molecule has 0 unspecified atom stereocenters. The second kappa shape index (κ2) is 6.54. The average molecular weight is 224 g/mol. The summed E-state index contributed by atoms with van der Waals surface area (Å²) in [4.78, 5) is 26.7. The van der Waals surface area contributed by atoms with Gasteiger partial charge in [-0.25, -0.2) is 4.79 Å². The van der Waals surface area contributed by atoms with E-state index in [-0.39, 0.29) is 12.5 Å². The van der Waals surface area contributed by atoms with Gasteiger partial charge in [0.25, 0.3) is 5.91 Å². The molecule has 0 fully saturated rings. The molecule has 0 bridgehead atoms. The molecule has 1 aromatic carbocycles. The topological polar surface area (TPSA) is 87.7 Å². The summed E-state index contributed by atoms with van der Waals surface area (Å²) in [6, 6.07) is 8.50. The van der Waals surface area contributed by atoms with Crippen LogP contribution in [-0.4, -0.2) is 30.3 Å². The zero-order valence-electron chi connectivity index (χ0n) is 8.47. The molecule has 0 aromatic heterocycles. The van der Waals surface area contributed by atoms with Crippen LogP contribution in [0.25, 0.3) is 0 Å². The predicted octanol–water partition coefficient (Wildman–Crippen LogP) is -0.586. The van der Waals surface area contributed by atoms with E-state index in [4.69, 9.17) is 5.11 Å². The van der Waals surface area contributed by atoms with E-state index < -0.39 is 12.7 Å². The number of hydrogen-bond donors (Lipinski definition) is 3. The maximum Gasteiger partial charge on any atom is 0.344 e. The molecule has 1 amide bonds. The summed E-state index contributed by atoms with van der Waals surface area (Å²) in [7, 11) is 0. The normalized spacial score (nSPS) is 9.56. The van der Waals surface area contributed by atoms with E-state index in [9.17, 15) is 9.59 Å². The van der Waals surface area contributed by atoms with Crippen LogP contribution < -0.4 is 10.8 Å². The van der Waals surface area contributed by atoms with Crippen molar-refractivity contribution in [3.8, 4) is 0 Å². The summed E-state index contributed by atoms with van der Waals surface area (Å²) >= 11 is 0. The third-order valence-electron chi connectivity index (χ3n) is 1.68. The highest BCUT2D eigenvalue weighted by Crippen LogP contribution is 1.97.